The molecular weight excluding hydrogens is 264 g/mol. The molecule has 0 unspecified atom stereocenters. The number of allylic oxidation sites excluding steroid dienone is 2. The van der Waals surface area contributed by atoms with Crippen LogP contribution < -0.4 is 0 Å². The van der Waals surface area contributed by atoms with Gasteiger partial charge in [0.2, 0.25) is 0 Å². The predicted molar refractivity (Wildman–Crippen MR) is 104 cm³/mol. The Hall–Kier alpha value is -0.260. The Morgan fingerprint density at radius 2 is 1.18 bits per heavy atom. The SMILES string of the molecule is CCCCCCCCC=C(CCCCCCC)CC(C)(C)C. The van der Waals surface area contributed by atoms with Crippen molar-refractivity contribution in [2.45, 2.75) is 125 Å². The fourth-order valence-corrected chi connectivity index (χ4v) is 3.13. The normalized spacial score (nSPS) is 12.9. The highest BCUT2D eigenvalue weighted by Crippen LogP contribution is 2.28. The van der Waals surface area contributed by atoms with Gasteiger partial charge >= 0.3 is 0 Å². The molecule has 0 rings (SSSR count). The van der Waals surface area contributed by atoms with Gasteiger partial charge in [-0.3, -0.25) is 0 Å². The van der Waals surface area contributed by atoms with Gasteiger partial charge < -0.3 is 0 Å². The van der Waals surface area contributed by atoms with Gasteiger partial charge in [0.15, 0.2) is 0 Å². The first-order valence-electron chi connectivity index (χ1n) is 10.2. The highest BCUT2D eigenvalue weighted by molar-refractivity contribution is 5.04. The molecule has 0 heterocycles. The highest BCUT2D eigenvalue weighted by Gasteiger charge is 2.12. The lowest BCUT2D eigenvalue weighted by Gasteiger charge is -2.21. The molecule has 22 heavy (non-hydrogen) atoms. The van der Waals surface area contributed by atoms with E-state index in [1.54, 1.807) is 5.57 Å². The first kappa shape index (κ1) is 21.7. The zero-order valence-corrected chi connectivity index (χ0v) is 16.5. The van der Waals surface area contributed by atoms with Crippen LogP contribution in [-0.2, 0) is 0 Å². The third-order valence-electron chi connectivity index (χ3n) is 4.35. The Kier molecular flexibility index (Phi) is 14.2. The predicted octanol–water partition coefficient (Wildman–Crippen LogP) is 8.46. The Morgan fingerprint density at radius 1 is 0.682 bits per heavy atom. The summed E-state index contributed by atoms with van der Waals surface area (Å²) in [5, 5.41) is 0. The second kappa shape index (κ2) is 14.3. The maximum absolute atomic E-state index is 2.59. The van der Waals surface area contributed by atoms with Crippen molar-refractivity contribution in [1.82, 2.24) is 0 Å². The molecule has 0 nitrogen and oxygen atoms in total. The fraction of sp³-hybridized carbons (Fsp3) is 0.909. The zero-order chi connectivity index (χ0) is 16.7. The van der Waals surface area contributed by atoms with Gasteiger partial charge in [-0.1, -0.05) is 104 Å². The molecule has 0 fully saturated rings. The van der Waals surface area contributed by atoms with Crippen LogP contribution in [0.2, 0.25) is 0 Å². The molecule has 0 aromatic heterocycles. The molecule has 0 radical (unpaired) electrons. The quantitative estimate of drug-likeness (QED) is 0.223. The van der Waals surface area contributed by atoms with Crippen LogP contribution in [0, 0.1) is 5.41 Å². The number of rotatable bonds is 14. The van der Waals surface area contributed by atoms with Gasteiger partial charge in [0.25, 0.3) is 0 Å². The first-order chi connectivity index (χ1) is 10.5. The molecule has 0 aliphatic rings. The number of hydrogen-bond donors (Lipinski definition) is 0. The molecule has 0 aromatic carbocycles. The molecule has 132 valence electrons. The van der Waals surface area contributed by atoms with E-state index in [2.05, 4.69) is 40.7 Å². The Balaban J connectivity index is 3.97. The van der Waals surface area contributed by atoms with Crippen LogP contribution in [0.15, 0.2) is 11.6 Å². The van der Waals surface area contributed by atoms with Gasteiger partial charge in [0.05, 0.1) is 0 Å². The molecular formula is C22H44. The van der Waals surface area contributed by atoms with Gasteiger partial charge in [0.1, 0.15) is 0 Å². The largest absolute Gasteiger partial charge is 0.0853 e. The molecule has 0 saturated carbocycles. The Morgan fingerprint density at radius 3 is 1.73 bits per heavy atom. The smallest absolute Gasteiger partial charge is 0.0271 e. The Bertz CT molecular complexity index is 254. The van der Waals surface area contributed by atoms with Crippen molar-refractivity contribution < 1.29 is 0 Å². The van der Waals surface area contributed by atoms with Crippen LogP contribution in [0.5, 0.6) is 0 Å². The van der Waals surface area contributed by atoms with Gasteiger partial charge in [-0.15, -0.1) is 0 Å². The van der Waals surface area contributed by atoms with E-state index in [1.165, 1.54) is 89.9 Å². The molecule has 0 N–H and O–H groups in total. The molecule has 0 aliphatic carbocycles. The van der Waals surface area contributed by atoms with E-state index < -0.39 is 0 Å². The number of hydrogen-bond acceptors (Lipinski definition) is 0. The third-order valence-corrected chi connectivity index (χ3v) is 4.35. The summed E-state index contributed by atoms with van der Waals surface area (Å²) in [6.45, 7) is 11.7. The van der Waals surface area contributed by atoms with E-state index in [0.29, 0.717) is 5.41 Å². The van der Waals surface area contributed by atoms with Crippen LogP contribution >= 0.6 is 0 Å². The minimum absolute atomic E-state index is 0.441. The van der Waals surface area contributed by atoms with Crippen molar-refractivity contribution in [2.24, 2.45) is 5.41 Å². The van der Waals surface area contributed by atoms with Crippen LogP contribution in [0.25, 0.3) is 0 Å². The van der Waals surface area contributed by atoms with E-state index in [0.717, 1.165) is 0 Å². The van der Waals surface area contributed by atoms with Crippen LogP contribution in [0.1, 0.15) is 125 Å². The standard InChI is InChI=1S/C22H44/c1-6-8-10-12-13-15-17-19-21(20-22(3,4)5)18-16-14-11-9-7-2/h19H,6-18,20H2,1-5H3. The van der Waals surface area contributed by atoms with Crippen molar-refractivity contribution in [3.63, 3.8) is 0 Å². The molecule has 0 atom stereocenters. The van der Waals surface area contributed by atoms with E-state index in [9.17, 15) is 0 Å². The first-order valence-corrected chi connectivity index (χ1v) is 10.2. The van der Waals surface area contributed by atoms with E-state index in [-0.39, 0.29) is 0 Å². The summed E-state index contributed by atoms with van der Waals surface area (Å²) in [5.74, 6) is 0. The van der Waals surface area contributed by atoms with Gasteiger partial charge in [-0.2, -0.15) is 0 Å². The fourth-order valence-electron chi connectivity index (χ4n) is 3.13. The van der Waals surface area contributed by atoms with Gasteiger partial charge in [-0.25, -0.2) is 0 Å². The summed E-state index contributed by atoms with van der Waals surface area (Å²) in [6.07, 6.45) is 22.0. The molecule has 0 aromatic rings. The highest BCUT2D eigenvalue weighted by atomic mass is 14.2. The second-order valence-electron chi connectivity index (χ2n) is 8.32. The summed E-state index contributed by atoms with van der Waals surface area (Å²) in [6, 6.07) is 0. The van der Waals surface area contributed by atoms with Gasteiger partial charge in [-0.05, 0) is 37.5 Å². The number of unbranched alkanes of at least 4 members (excludes halogenated alkanes) is 10. The lowest BCUT2D eigenvalue weighted by Crippen LogP contribution is -2.06. The van der Waals surface area contributed by atoms with E-state index >= 15 is 0 Å². The van der Waals surface area contributed by atoms with E-state index in [1.807, 2.05) is 0 Å². The second-order valence-corrected chi connectivity index (χ2v) is 8.32. The maximum atomic E-state index is 2.59. The minimum Gasteiger partial charge on any atom is -0.0853 e. The summed E-state index contributed by atoms with van der Waals surface area (Å²) < 4.78 is 0. The van der Waals surface area contributed by atoms with Crippen LogP contribution in [0.3, 0.4) is 0 Å². The third kappa shape index (κ3) is 16.1. The maximum Gasteiger partial charge on any atom is -0.0271 e. The molecule has 0 bridgehead atoms. The molecule has 0 aliphatic heterocycles. The van der Waals surface area contributed by atoms with Crippen molar-refractivity contribution in [2.75, 3.05) is 0 Å². The van der Waals surface area contributed by atoms with Crippen molar-refractivity contribution >= 4 is 0 Å². The molecule has 0 heteroatoms. The Labute approximate surface area is 142 Å². The molecule has 0 amide bonds. The summed E-state index contributed by atoms with van der Waals surface area (Å²) >= 11 is 0. The van der Waals surface area contributed by atoms with Crippen LogP contribution in [0.4, 0.5) is 0 Å². The van der Waals surface area contributed by atoms with Crippen molar-refractivity contribution in [1.29, 1.82) is 0 Å². The topological polar surface area (TPSA) is 0 Å². The lowest BCUT2D eigenvalue weighted by atomic mass is 9.85. The monoisotopic (exact) mass is 308 g/mol. The summed E-state index contributed by atoms with van der Waals surface area (Å²) in [4.78, 5) is 0. The van der Waals surface area contributed by atoms with Crippen molar-refractivity contribution in [3.8, 4) is 0 Å². The molecule has 0 saturated heterocycles. The van der Waals surface area contributed by atoms with E-state index in [4.69, 9.17) is 0 Å². The average molecular weight is 309 g/mol. The van der Waals surface area contributed by atoms with Gasteiger partial charge in [0, 0.05) is 0 Å². The lowest BCUT2D eigenvalue weighted by molar-refractivity contribution is 0.401. The van der Waals surface area contributed by atoms with Crippen molar-refractivity contribution in [3.05, 3.63) is 11.6 Å². The molecule has 0 spiro atoms. The zero-order valence-electron chi connectivity index (χ0n) is 16.5. The summed E-state index contributed by atoms with van der Waals surface area (Å²) in [7, 11) is 0. The minimum atomic E-state index is 0.441. The van der Waals surface area contributed by atoms with Crippen LogP contribution in [-0.4, -0.2) is 0 Å². The summed E-state index contributed by atoms with van der Waals surface area (Å²) in [5.41, 5.74) is 2.17. The average Bonchev–Trinajstić information content (AvgIpc) is 2.44.